The van der Waals surface area contributed by atoms with E-state index < -0.39 is 0 Å². The molecule has 2 aromatic rings. The van der Waals surface area contributed by atoms with Crippen LogP contribution in [0.2, 0.25) is 0 Å². The zero-order valence-corrected chi connectivity index (χ0v) is 20.5. The minimum absolute atomic E-state index is 0.286. The highest BCUT2D eigenvalue weighted by Gasteiger charge is 2.34. The zero-order chi connectivity index (χ0) is 23.9. The van der Waals surface area contributed by atoms with E-state index in [1.807, 2.05) is 19.1 Å². The molecule has 2 atom stereocenters. The Morgan fingerprint density at radius 3 is 2.47 bits per heavy atom. The van der Waals surface area contributed by atoms with Crippen LogP contribution in [0.4, 0.5) is 23.4 Å². The highest BCUT2D eigenvalue weighted by Crippen LogP contribution is 2.30. The number of nitriles is 1. The Labute approximate surface area is 202 Å². The molecular formula is C24H37N9O. The average Bonchev–Trinajstić information content (AvgIpc) is 3.27. The second-order valence-corrected chi connectivity index (χ2v) is 9.18. The third-order valence-corrected chi connectivity index (χ3v) is 6.82. The van der Waals surface area contributed by atoms with Gasteiger partial charge in [-0.2, -0.15) is 20.3 Å². The molecule has 0 aromatic carbocycles. The summed E-state index contributed by atoms with van der Waals surface area (Å²) in [6.45, 7) is 10.3. The van der Waals surface area contributed by atoms with E-state index in [2.05, 4.69) is 50.5 Å². The van der Waals surface area contributed by atoms with Gasteiger partial charge in [0.25, 0.3) is 0 Å². The van der Waals surface area contributed by atoms with Gasteiger partial charge in [0.05, 0.1) is 19.3 Å². The molecule has 0 amide bonds. The molecule has 0 saturated carbocycles. The van der Waals surface area contributed by atoms with E-state index in [1.54, 1.807) is 0 Å². The fourth-order valence-electron chi connectivity index (χ4n) is 5.10. The van der Waals surface area contributed by atoms with Crippen molar-refractivity contribution in [1.82, 2.24) is 25.1 Å². The predicted molar refractivity (Wildman–Crippen MR) is 133 cm³/mol. The van der Waals surface area contributed by atoms with E-state index in [9.17, 15) is 0 Å². The first-order chi connectivity index (χ1) is 16.6. The largest absolute Gasteiger partial charge is 0.378 e. The van der Waals surface area contributed by atoms with Gasteiger partial charge in [-0.15, -0.1) is 0 Å². The third-order valence-electron chi connectivity index (χ3n) is 6.82. The maximum atomic E-state index is 9.10. The summed E-state index contributed by atoms with van der Waals surface area (Å²) in [4.78, 5) is 14.5. The van der Waals surface area contributed by atoms with Crippen LogP contribution in [0.3, 0.4) is 0 Å². The Hall–Kier alpha value is -2.90. The number of hydrogen-bond donors (Lipinski definition) is 3. The minimum atomic E-state index is 0.286. The Kier molecular flexibility index (Phi) is 8.19. The number of aromatic nitrogens is 4. The van der Waals surface area contributed by atoms with Crippen molar-refractivity contribution >= 4 is 23.4 Å². The number of anilines is 4. The van der Waals surface area contributed by atoms with Gasteiger partial charge < -0.3 is 20.3 Å². The van der Waals surface area contributed by atoms with Crippen molar-refractivity contribution in [2.45, 2.75) is 71.0 Å². The molecular weight excluding hydrogens is 430 g/mol. The second kappa shape index (κ2) is 11.5. The first kappa shape index (κ1) is 24.2. The molecule has 2 aromatic heterocycles. The van der Waals surface area contributed by atoms with Crippen LogP contribution in [-0.2, 0) is 4.74 Å². The molecule has 0 bridgehead atoms. The van der Waals surface area contributed by atoms with Gasteiger partial charge in [-0.25, -0.2) is 0 Å². The highest BCUT2D eigenvalue weighted by molar-refractivity contribution is 5.59. The van der Waals surface area contributed by atoms with E-state index in [-0.39, 0.29) is 6.04 Å². The van der Waals surface area contributed by atoms with Gasteiger partial charge in [-0.3, -0.25) is 10.00 Å². The van der Waals surface area contributed by atoms with Crippen molar-refractivity contribution < 1.29 is 4.74 Å². The summed E-state index contributed by atoms with van der Waals surface area (Å²) < 4.78 is 5.53. The molecule has 4 heterocycles. The number of morpholine rings is 1. The molecule has 34 heavy (non-hydrogen) atoms. The summed E-state index contributed by atoms with van der Waals surface area (Å²) in [5.74, 6) is 2.98. The molecule has 2 fully saturated rings. The van der Waals surface area contributed by atoms with Crippen molar-refractivity contribution in [3.05, 3.63) is 17.8 Å². The standard InChI is InChI=1S/C24H37N9O/c1-4-19-14-18(15-20(5-2)33(19)8-6-7-25)26-24-28-21(27-22-13-17(3)30-31-22)16-23(29-24)32-9-11-34-12-10-32/h13,16,18-20H,4-6,8-12,14-15H2,1-3H3,(H3,26,27,28,29,30,31). The van der Waals surface area contributed by atoms with Gasteiger partial charge in [0.15, 0.2) is 5.82 Å². The van der Waals surface area contributed by atoms with Crippen LogP contribution in [0.15, 0.2) is 12.1 Å². The molecule has 2 aliphatic heterocycles. The van der Waals surface area contributed by atoms with Crippen molar-refractivity contribution in [2.24, 2.45) is 0 Å². The molecule has 184 valence electrons. The van der Waals surface area contributed by atoms with Crippen LogP contribution in [0.25, 0.3) is 0 Å². The summed E-state index contributed by atoms with van der Waals surface area (Å²) >= 11 is 0. The number of nitrogens with one attached hydrogen (secondary N) is 3. The van der Waals surface area contributed by atoms with Crippen LogP contribution in [-0.4, -0.2) is 76.0 Å². The summed E-state index contributed by atoms with van der Waals surface area (Å²) in [6.07, 6.45) is 4.76. The van der Waals surface area contributed by atoms with E-state index in [1.165, 1.54) is 0 Å². The molecule has 3 N–H and O–H groups in total. The number of hydrogen-bond acceptors (Lipinski definition) is 9. The molecule has 2 saturated heterocycles. The summed E-state index contributed by atoms with van der Waals surface area (Å²) in [5.41, 5.74) is 0.989. The van der Waals surface area contributed by atoms with Crippen LogP contribution < -0.4 is 15.5 Å². The quantitative estimate of drug-likeness (QED) is 0.509. The first-order valence-corrected chi connectivity index (χ1v) is 12.5. The van der Waals surface area contributed by atoms with Crippen LogP contribution >= 0.6 is 0 Å². The first-order valence-electron chi connectivity index (χ1n) is 12.5. The summed E-state index contributed by atoms with van der Waals surface area (Å²) in [7, 11) is 0. The van der Waals surface area contributed by atoms with Crippen molar-refractivity contribution in [3.8, 4) is 6.07 Å². The molecule has 10 nitrogen and oxygen atoms in total. The molecule has 2 unspecified atom stereocenters. The highest BCUT2D eigenvalue weighted by atomic mass is 16.5. The normalized spacial score (nSPS) is 23.5. The van der Waals surface area contributed by atoms with Crippen LogP contribution in [0, 0.1) is 18.3 Å². The van der Waals surface area contributed by atoms with Crippen molar-refractivity contribution in [3.63, 3.8) is 0 Å². The topological polar surface area (TPSA) is 118 Å². The van der Waals surface area contributed by atoms with Gasteiger partial charge >= 0.3 is 0 Å². The van der Waals surface area contributed by atoms with E-state index in [0.29, 0.717) is 37.7 Å². The Morgan fingerprint density at radius 1 is 1.12 bits per heavy atom. The number of H-pyrrole nitrogens is 1. The lowest BCUT2D eigenvalue weighted by molar-refractivity contribution is 0.0734. The molecule has 0 radical (unpaired) electrons. The molecule has 0 aliphatic carbocycles. The van der Waals surface area contributed by atoms with Crippen molar-refractivity contribution in [1.29, 1.82) is 5.26 Å². The van der Waals surface area contributed by atoms with Gasteiger partial charge in [0.2, 0.25) is 5.95 Å². The van der Waals surface area contributed by atoms with Crippen LogP contribution in [0.1, 0.15) is 51.6 Å². The number of nitrogens with zero attached hydrogens (tertiary/aromatic N) is 6. The monoisotopic (exact) mass is 467 g/mol. The van der Waals surface area contributed by atoms with E-state index in [4.69, 9.17) is 20.0 Å². The Morgan fingerprint density at radius 2 is 1.85 bits per heavy atom. The fourth-order valence-corrected chi connectivity index (χ4v) is 5.10. The number of aryl methyl sites for hydroxylation is 1. The van der Waals surface area contributed by atoms with E-state index >= 15 is 0 Å². The van der Waals surface area contributed by atoms with Gasteiger partial charge in [-0.05, 0) is 32.6 Å². The van der Waals surface area contributed by atoms with Gasteiger partial charge in [-0.1, -0.05) is 13.8 Å². The summed E-state index contributed by atoms with van der Waals surface area (Å²) in [5, 5.41) is 23.3. The SMILES string of the molecule is CCC1CC(Nc2nc(Nc3cc(C)[nH]n3)cc(N3CCOCC3)n2)CC(CC)N1CCC#N. The minimum Gasteiger partial charge on any atom is -0.378 e. The van der Waals surface area contributed by atoms with E-state index in [0.717, 1.165) is 68.5 Å². The van der Waals surface area contributed by atoms with Gasteiger partial charge in [0.1, 0.15) is 11.6 Å². The number of ether oxygens (including phenoxy) is 1. The predicted octanol–water partition coefficient (Wildman–Crippen LogP) is 3.44. The molecule has 0 spiro atoms. The van der Waals surface area contributed by atoms with Gasteiger partial charge in [0, 0.05) is 62.0 Å². The average molecular weight is 468 g/mol. The molecule has 4 rings (SSSR count). The lowest BCUT2D eigenvalue weighted by Gasteiger charge is -2.45. The maximum absolute atomic E-state index is 9.10. The smallest absolute Gasteiger partial charge is 0.226 e. The Balaban J connectivity index is 1.54. The Bertz CT molecular complexity index is 952. The number of aromatic amines is 1. The maximum Gasteiger partial charge on any atom is 0.226 e. The van der Waals surface area contributed by atoms with Crippen LogP contribution in [0.5, 0.6) is 0 Å². The number of piperidine rings is 1. The van der Waals surface area contributed by atoms with Crippen molar-refractivity contribution in [2.75, 3.05) is 48.4 Å². The lowest BCUT2D eigenvalue weighted by Crippen LogP contribution is -2.52. The molecule has 10 heteroatoms. The summed E-state index contributed by atoms with van der Waals surface area (Å²) in [6, 6.07) is 7.45. The fraction of sp³-hybridized carbons (Fsp3) is 0.667. The number of likely N-dealkylation sites (tertiary alicyclic amines) is 1. The zero-order valence-electron chi connectivity index (χ0n) is 20.5. The third kappa shape index (κ3) is 5.96. The number of rotatable bonds is 9. The lowest BCUT2D eigenvalue weighted by atomic mass is 9.88. The molecule has 2 aliphatic rings. The second-order valence-electron chi connectivity index (χ2n) is 9.18.